The number of rotatable bonds is 7. The minimum atomic E-state index is -1.08. The van der Waals surface area contributed by atoms with Crippen molar-refractivity contribution in [3.05, 3.63) is 71.8 Å². The highest BCUT2D eigenvalue weighted by atomic mass is 32.1. The Hall–Kier alpha value is -2.27. The molecule has 0 radical (unpaired) electrons. The summed E-state index contributed by atoms with van der Waals surface area (Å²) in [5, 5.41) is 12.0. The van der Waals surface area contributed by atoms with Crippen molar-refractivity contribution in [2.75, 3.05) is 5.75 Å². The first-order valence-electron chi connectivity index (χ1n) is 7.34. The van der Waals surface area contributed by atoms with E-state index in [0.29, 0.717) is 17.7 Å². The monoisotopic (exact) mass is 329 g/mol. The summed E-state index contributed by atoms with van der Waals surface area (Å²) < 4.78 is 0. The zero-order chi connectivity index (χ0) is 16.7. The van der Waals surface area contributed by atoms with Gasteiger partial charge in [-0.2, -0.15) is 12.6 Å². The highest BCUT2D eigenvalue weighted by Gasteiger charge is 2.25. The quantitative estimate of drug-likeness (QED) is 0.684. The second kappa shape index (κ2) is 8.39. The average Bonchev–Trinajstić information content (AvgIpc) is 2.58. The first-order chi connectivity index (χ1) is 11.1. The number of benzene rings is 2. The summed E-state index contributed by atoms with van der Waals surface area (Å²) in [5.74, 6) is -1.42. The van der Waals surface area contributed by atoms with Crippen molar-refractivity contribution < 1.29 is 14.7 Å². The molecule has 2 atom stereocenters. The minimum Gasteiger partial charge on any atom is -0.479 e. The molecule has 0 aromatic heterocycles. The minimum absolute atomic E-state index is 0.305. The van der Waals surface area contributed by atoms with Gasteiger partial charge >= 0.3 is 5.97 Å². The molecule has 0 heterocycles. The topological polar surface area (TPSA) is 66.4 Å². The van der Waals surface area contributed by atoms with Crippen molar-refractivity contribution in [1.29, 1.82) is 0 Å². The van der Waals surface area contributed by atoms with Gasteiger partial charge in [-0.3, -0.25) is 4.79 Å². The van der Waals surface area contributed by atoms with Crippen molar-refractivity contribution in [3.8, 4) is 0 Å². The van der Waals surface area contributed by atoms with Crippen LogP contribution in [0.1, 0.15) is 17.2 Å². The number of carbonyl (C=O) groups is 2. The number of nitrogens with one attached hydrogen (secondary N) is 1. The molecule has 120 valence electrons. The molecule has 23 heavy (non-hydrogen) atoms. The number of hydrogen-bond acceptors (Lipinski definition) is 3. The Morgan fingerprint density at radius 3 is 2.09 bits per heavy atom. The Morgan fingerprint density at radius 1 is 1.00 bits per heavy atom. The molecule has 2 unspecified atom stereocenters. The molecule has 0 aliphatic carbocycles. The largest absolute Gasteiger partial charge is 0.479 e. The van der Waals surface area contributed by atoms with Gasteiger partial charge in [0.2, 0.25) is 5.91 Å². The summed E-state index contributed by atoms with van der Waals surface area (Å²) in [6.45, 7) is 0. The maximum atomic E-state index is 12.4. The molecule has 0 bridgehead atoms. The fraction of sp³-hybridized carbons (Fsp3) is 0.222. The van der Waals surface area contributed by atoms with E-state index in [-0.39, 0.29) is 11.8 Å². The zero-order valence-corrected chi connectivity index (χ0v) is 13.4. The Labute approximate surface area is 141 Å². The summed E-state index contributed by atoms with van der Waals surface area (Å²) in [6, 6.07) is 17.2. The Balaban J connectivity index is 2.09. The van der Waals surface area contributed by atoms with Crippen LogP contribution >= 0.6 is 12.6 Å². The number of hydrogen-bond donors (Lipinski definition) is 3. The molecule has 4 nitrogen and oxygen atoms in total. The van der Waals surface area contributed by atoms with E-state index in [4.69, 9.17) is 0 Å². The normalized spacial score (nSPS) is 13.1. The fourth-order valence-corrected chi connectivity index (χ4v) is 2.63. The van der Waals surface area contributed by atoms with Crippen LogP contribution in [-0.2, 0) is 16.0 Å². The van der Waals surface area contributed by atoms with Crippen LogP contribution in [0.2, 0.25) is 0 Å². The van der Waals surface area contributed by atoms with Gasteiger partial charge in [-0.05, 0) is 17.5 Å². The maximum absolute atomic E-state index is 12.4. The van der Waals surface area contributed by atoms with Gasteiger partial charge in [0.05, 0.1) is 5.92 Å². The molecular formula is C18H19NO3S. The van der Waals surface area contributed by atoms with E-state index in [1.54, 1.807) is 30.3 Å². The SMILES string of the molecule is O=C(NC(C(=O)O)c1ccccc1)C(CS)Cc1ccccc1. The maximum Gasteiger partial charge on any atom is 0.330 e. The lowest BCUT2D eigenvalue weighted by Gasteiger charge is -2.19. The van der Waals surface area contributed by atoms with E-state index in [9.17, 15) is 14.7 Å². The molecule has 1 amide bonds. The smallest absolute Gasteiger partial charge is 0.330 e. The molecule has 2 aromatic carbocycles. The highest BCUT2D eigenvalue weighted by molar-refractivity contribution is 7.80. The molecule has 0 fully saturated rings. The van der Waals surface area contributed by atoms with Crippen molar-refractivity contribution in [2.24, 2.45) is 5.92 Å². The van der Waals surface area contributed by atoms with E-state index < -0.39 is 12.0 Å². The third-order valence-corrected chi connectivity index (χ3v) is 4.02. The third-order valence-electron chi connectivity index (χ3n) is 3.58. The Kier molecular flexibility index (Phi) is 6.23. The number of carboxylic acid groups (broad SMARTS) is 1. The van der Waals surface area contributed by atoms with E-state index >= 15 is 0 Å². The predicted octanol–water partition coefficient (Wildman–Crippen LogP) is 2.72. The summed E-state index contributed by atoms with van der Waals surface area (Å²) in [6.07, 6.45) is 0.525. The summed E-state index contributed by atoms with van der Waals surface area (Å²) >= 11 is 4.24. The van der Waals surface area contributed by atoms with E-state index in [0.717, 1.165) is 5.56 Å². The van der Waals surface area contributed by atoms with Crippen molar-refractivity contribution in [1.82, 2.24) is 5.32 Å². The molecule has 2 aromatic rings. The van der Waals surface area contributed by atoms with Crippen LogP contribution in [-0.4, -0.2) is 22.7 Å². The molecule has 0 spiro atoms. The van der Waals surface area contributed by atoms with Gasteiger partial charge in [0, 0.05) is 5.75 Å². The molecule has 0 aliphatic heterocycles. The van der Waals surface area contributed by atoms with Crippen LogP contribution < -0.4 is 5.32 Å². The predicted molar refractivity (Wildman–Crippen MR) is 92.5 cm³/mol. The van der Waals surface area contributed by atoms with Gasteiger partial charge in [0.15, 0.2) is 6.04 Å². The van der Waals surface area contributed by atoms with E-state index in [1.165, 1.54) is 0 Å². The van der Waals surface area contributed by atoms with Gasteiger partial charge in [0.1, 0.15) is 0 Å². The highest BCUT2D eigenvalue weighted by Crippen LogP contribution is 2.16. The Bertz CT molecular complexity index is 646. The van der Waals surface area contributed by atoms with Gasteiger partial charge in [-0.15, -0.1) is 0 Å². The van der Waals surface area contributed by atoms with Gasteiger partial charge in [-0.25, -0.2) is 4.79 Å². The number of carbonyl (C=O) groups excluding carboxylic acids is 1. The van der Waals surface area contributed by atoms with Gasteiger partial charge in [0.25, 0.3) is 0 Å². The van der Waals surface area contributed by atoms with E-state index in [1.807, 2.05) is 30.3 Å². The lowest BCUT2D eigenvalue weighted by Crippen LogP contribution is -2.39. The summed E-state index contributed by atoms with van der Waals surface area (Å²) in [4.78, 5) is 23.9. The number of amides is 1. The van der Waals surface area contributed by atoms with Crippen LogP contribution in [0.15, 0.2) is 60.7 Å². The molecule has 2 rings (SSSR count). The molecule has 0 saturated carbocycles. The van der Waals surface area contributed by atoms with Crippen LogP contribution in [0.5, 0.6) is 0 Å². The first kappa shape index (κ1) is 17.1. The second-order valence-corrected chi connectivity index (χ2v) is 5.62. The summed E-state index contributed by atoms with van der Waals surface area (Å²) in [7, 11) is 0. The van der Waals surface area contributed by atoms with Gasteiger partial charge < -0.3 is 10.4 Å². The van der Waals surface area contributed by atoms with Crippen LogP contribution in [0.3, 0.4) is 0 Å². The molecule has 0 saturated heterocycles. The van der Waals surface area contributed by atoms with Crippen molar-refractivity contribution >= 4 is 24.5 Å². The molecular weight excluding hydrogens is 310 g/mol. The summed E-state index contributed by atoms with van der Waals surface area (Å²) in [5.41, 5.74) is 1.57. The molecule has 5 heteroatoms. The first-order valence-corrected chi connectivity index (χ1v) is 7.98. The van der Waals surface area contributed by atoms with Crippen LogP contribution in [0, 0.1) is 5.92 Å². The lowest BCUT2D eigenvalue weighted by atomic mass is 9.99. The molecule has 2 N–H and O–H groups in total. The Morgan fingerprint density at radius 2 is 1.57 bits per heavy atom. The van der Waals surface area contributed by atoms with Crippen LogP contribution in [0.4, 0.5) is 0 Å². The fourth-order valence-electron chi connectivity index (χ4n) is 2.33. The molecule has 0 aliphatic rings. The van der Waals surface area contributed by atoms with Gasteiger partial charge in [-0.1, -0.05) is 60.7 Å². The zero-order valence-electron chi connectivity index (χ0n) is 12.6. The van der Waals surface area contributed by atoms with E-state index in [2.05, 4.69) is 17.9 Å². The third kappa shape index (κ3) is 4.86. The van der Waals surface area contributed by atoms with Crippen molar-refractivity contribution in [3.63, 3.8) is 0 Å². The number of thiol groups is 1. The van der Waals surface area contributed by atoms with Crippen molar-refractivity contribution in [2.45, 2.75) is 12.5 Å². The average molecular weight is 329 g/mol. The lowest BCUT2D eigenvalue weighted by molar-refractivity contribution is -0.142. The second-order valence-electron chi connectivity index (χ2n) is 5.26. The van der Waals surface area contributed by atoms with Crippen LogP contribution in [0.25, 0.3) is 0 Å². The number of aliphatic carboxylic acids is 1. The number of carboxylic acids is 1. The standard InChI is InChI=1S/C18H19NO3S/c20-17(15(12-23)11-13-7-3-1-4-8-13)19-16(18(21)22)14-9-5-2-6-10-14/h1-10,15-16,23H,11-12H2,(H,19,20)(H,21,22).